The molecule has 0 heterocycles. The standard InChI is InChI=1S/C3H6N2O4.K/c6-2(4-8)1-3(7)5-9;/h8-9H,1H2,(H,4,6)(H,5,7);. The molecule has 4 N–H and O–H groups in total. The van der Waals surface area contributed by atoms with Crippen LogP contribution in [0.15, 0.2) is 0 Å². The second-order valence-electron chi connectivity index (χ2n) is 1.25. The summed E-state index contributed by atoms with van der Waals surface area (Å²) in [6.45, 7) is 0. The van der Waals surface area contributed by atoms with Crippen molar-refractivity contribution in [1.29, 1.82) is 0 Å². The minimum absolute atomic E-state index is 0. The van der Waals surface area contributed by atoms with Crippen molar-refractivity contribution < 1.29 is 20.0 Å². The van der Waals surface area contributed by atoms with Gasteiger partial charge in [-0.1, -0.05) is 0 Å². The summed E-state index contributed by atoms with van der Waals surface area (Å²) in [5.41, 5.74) is 2.44. The molecule has 0 aromatic carbocycles. The average Bonchev–Trinajstić information content (AvgIpc) is 1.87. The number of carbonyl (C=O) groups excluding carboxylic acids is 2. The van der Waals surface area contributed by atoms with Crippen molar-refractivity contribution in [3.05, 3.63) is 0 Å². The molecule has 0 rings (SSSR count). The first-order valence-corrected chi connectivity index (χ1v) is 2.06. The molecular formula is C3H6KN2O4. The molecule has 7 heteroatoms. The Hall–Kier alpha value is 0.496. The predicted molar refractivity (Wildman–Crippen MR) is 30.2 cm³/mol. The van der Waals surface area contributed by atoms with E-state index in [2.05, 4.69) is 0 Å². The zero-order valence-corrected chi connectivity index (χ0v) is 8.54. The molecule has 0 bridgehead atoms. The van der Waals surface area contributed by atoms with Crippen LogP contribution < -0.4 is 11.0 Å². The Balaban J connectivity index is 0. The summed E-state index contributed by atoms with van der Waals surface area (Å²) in [6, 6.07) is 0. The van der Waals surface area contributed by atoms with E-state index in [0.29, 0.717) is 0 Å². The van der Waals surface area contributed by atoms with E-state index in [1.807, 2.05) is 0 Å². The van der Waals surface area contributed by atoms with E-state index in [-0.39, 0.29) is 51.4 Å². The van der Waals surface area contributed by atoms with Gasteiger partial charge in [0.15, 0.2) is 0 Å². The van der Waals surface area contributed by atoms with Gasteiger partial charge in [0.1, 0.15) is 6.42 Å². The summed E-state index contributed by atoms with van der Waals surface area (Å²) < 4.78 is 0. The number of hydrogen-bond donors (Lipinski definition) is 4. The third kappa shape index (κ3) is 6.61. The second-order valence-corrected chi connectivity index (χ2v) is 1.25. The van der Waals surface area contributed by atoms with Gasteiger partial charge < -0.3 is 0 Å². The molecule has 0 aromatic heterocycles. The monoisotopic (exact) mass is 173 g/mol. The summed E-state index contributed by atoms with van der Waals surface area (Å²) in [5, 5.41) is 15.6. The molecule has 53 valence electrons. The van der Waals surface area contributed by atoms with Crippen LogP contribution in [0.2, 0.25) is 0 Å². The number of hydrogen-bond acceptors (Lipinski definition) is 4. The van der Waals surface area contributed by atoms with Gasteiger partial charge in [-0.2, -0.15) is 0 Å². The van der Waals surface area contributed by atoms with Crippen molar-refractivity contribution in [3.8, 4) is 0 Å². The van der Waals surface area contributed by atoms with Crippen molar-refractivity contribution in [2.24, 2.45) is 0 Å². The molecule has 10 heavy (non-hydrogen) atoms. The molecular weight excluding hydrogens is 167 g/mol. The van der Waals surface area contributed by atoms with Crippen LogP contribution in [0.25, 0.3) is 0 Å². The molecule has 0 saturated heterocycles. The Morgan fingerprint density at radius 1 is 1.10 bits per heavy atom. The van der Waals surface area contributed by atoms with E-state index in [1.165, 1.54) is 11.0 Å². The van der Waals surface area contributed by atoms with Crippen LogP contribution in [0.5, 0.6) is 0 Å². The topological polar surface area (TPSA) is 98.7 Å². The number of hydroxylamine groups is 2. The van der Waals surface area contributed by atoms with Crippen LogP contribution in [-0.2, 0) is 9.59 Å². The van der Waals surface area contributed by atoms with Crippen LogP contribution in [0.4, 0.5) is 0 Å². The first-order valence-electron chi connectivity index (χ1n) is 2.06. The Morgan fingerprint density at radius 3 is 1.60 bits per heavy atom. The molecule has 6 nitrogen and oxygen atoms in total. The molecule has 0 fully saturated rings. The first-order chi connectivity index (χ1) is 4.20. The maximum absolute atomic E-state index is 10.0. The largest absolute Gasteiger partial charge is 0.289 e. The fourth-order valence-corrected chi connectivity index (χ4v) is 0.225. The zero-order valence-electron chi connectivity index (χ0n) is 5.42. The molecule has 1 radical (unpaired) electrons. The number of rotatable bonds is 2. The molecule has 2 amide bonds. The predicted octanol–water partition coefficient (Wildman–Crippen LogP) is -1.99. The van der Waals surface area contributed by atoms with E-state index in [4.69, 9.17) is 10.4 Å². The van der Waals surface area contributed by atoms with Crippen molar-refractivity contribution in [2.75, 3.05) is 0 Å². The van der Waals surface area contributed by atoms with Gasteiger partial charge in [-0.05, 0) is 0 Å². The average molecular weight is 173 g/mol. The molecule has 0 saturated carbocycles. The summed E-state index contributed by atoms with van der Waals surface area (Å²) in [4.78, 5) is 20.1. The maximum Gasteiger partial charge on any atom is 0.252 e. The van der Waals surface area contributed by atoms with Gasteiger partial charge in [0.05, 0.1) is 0 Å². The van der Waals surface area contributed by atoms with Gasteiger partial charge in [0, 0.05) is 51.4 Å². The summed E-state index contributed by atoms with van der Waals surface area (Å²) in [6.07, 6.45) is -0.590. The Morgan fingerprint density at radius 2 is 1.40 bits per heavy atom. The molecule has 0 aliphatic rings. The summed E-state index contributed by atoms with van der Waals surface area (Å²) in [5.74, 6) is -1.75. The van der Waals surface area contributed by atoms with Crippen molar-refractivity contribution >= 4 is 63.2 Å². The number of amides is 2. The van der Waals surface area contributed by atoms with Gasteiger partial charge in [-0.15, -0.1) is 0 Å². The Kier molecular flexibility index (Phi) is 9.97. The molecule has 0 aliphatic carbocycles. The molecule has 0 atom stereocenters. The quantitative estimate of drug-likeness (QED) is 0.168. The van der Waals surface area contributed by atoms with E-state index >= 15 is 0 Å². The van der Waals surface area contributed by atoms with Crippen LogP contribution in [0.1, 0.15) is 6.42 Å². The van der Waals surface area contributed by atoms with Crippen LogP contribution in [0, 0.1) is 0 Å². The van der Waals surface area contributed by atoms with E-state index in [9.17, 15) is 9.59 Å². The fraction of sp³-hybridized carbons (Fsp3) is 0.333. The van der Waals surface area contributed by atoms with Gasteiger partial charge in [-0.3, -0.25) is 20.0 Å². The minimum atomic E-state index is -0.874. The maximum atomic E-state index is 10.0. The molecule has 0 aliphatic heterocycles. The number of nitrogens with one attached hydrogen (secondary N) is 2. The Bertz CT molecular complexity index is 114. The third-order valence-electron chi connectivity index (χ3n) is 0.571. The minimum Gasteiger partial charge on any atom is -0.289 e. The van der Waals surface area contributed by atoms with Gasteiger partial charge in [0.25, 0.3) is 11.8 Å². The first kappa shape index (κ1) is 13.1. The second kappa shape index (κ2) is 7.60. The zero-order chi connectivity index (χ0) is 7.28. The molecule has 0 unspecified atom stereocenters. The Labute approximate surface area is 99.3 Å². The van der Waals surface area contributed by atoms with Crippen LogP contribution in [-0.4, -0.2) is 73.6 Å². The van der Waals surface area contributed by atoms with Crippen molar-refractivity contribution in [3.63, 3.8) is 0 Å². The molecule has 0 aromatic rings. The van der Waals surface area contributed by atoms with E-state index < -0.39 is 18.2 Å². The van der Waals surface area contributed by atoms with Crippen molar-refractivity contribution in [1.82, 2.24) is 11.0 Å². The molecule has 0 spiro atoms. The summed E-state index contributed by atoms with van der Waals surface area (Å²) in [7, 11) is 0. The van der Waals surface area contributed by atoms with E-state index in [1.54, 1.807) is 0 Å². The van der Waals surface area contributed by atoms with Gasteiger partial charge >= 0.3 is 0 Å². The number of carbonyl (C=O) groups is 2. The van der Waals surface area contributed by atoms with Gasteiger partial charge in [0.2, 0.25) is 0 Å². The normalized spacial score (nSPS) is 7.40. The fourth-order valence-electron chi connectivity index (χ4n) is 0.225. The van der Waals surface area contributed by atoms with Crippen LogP contribution >= 0.6 is 0 Å². The van der Waals surface area contributed by atoms with E-state index in [0.717, 1.165) is 0 Å². The van der Waals surface area contributed by atoms with Gasteiger partial charge in [-0.25, -0.2) is 11.0 Å². The van der Waals surface area contributed by atoms with Crippen LogP contribution in [0.3, 0.4) is 0 Å². The SMILES string of the molecule is O=C(CC(=O)NO)NO.[K]. The van der Waals surface area contributed by atoms with Crippen molar-refractivity contribution in [2.45, 2.75) is 6.42 Å². The third-order valence-corrected chi connectivity index (χ3v) is 0.571. The smallest absolute Gasteiger partial charge is 0.252 e. The summed E-state index contributed by atoms with van der Waals surface area (Å²) >= 11 is 0.